The lowest BCUT2D eigenvalue weighted by molar-refractivity contribution is -0.157. The molecule has 7 nitrogen and oxygen atoms in total. The molecule has 1 amide bonds. The Kier molecular flexibility index (Phi) is 6.94. The Morgan fingerprint density at radius 2 is 1.76 bits per heavy atom. The van der Waals surface area contributed by atoms with Gasteiger partial charge in [-0.15, -0.1) is 0 Å². The lowest BCUT2D eigenvalue weighted by atomic mass is 9.92. The number of rotatable bonds is 6. The van der Waals surface area contributed by atoms with Crippen LogP contribution in [0.4, 0.5) is 13.6 Å². The van der Waals surface area contributed by atoms with Gasteiger partial charge in [-0.2, -0.15) is 0 Å². The van der Waals surface area contributed by atoms with Gasteiger partial charge in [-0.3, -0.25) is 14.6 Å². The Bertz CT molecular complexity index is 867. The molecule has 9 heteroatoms. The first kappa shape index (κ1) is 25.2. The van der Waals surface area contributed by atoms with Crippen molar-refractivity contribution < 1.29 is 32.6 Å². The number of carbonyl (C=O) groups is 2. The average molecular weight is 469 g/mol. The van der Waals surface area contributed by atoms with Crippen LogP contribution in [0.1, 0.15) is 46.6 Å². The number of hydrogen-bond acceptors (Lipinski definition) is 6. The fourth-order valence-electron chi connectivity index (χ4n) is 4.49. The highest BCUT2D eigenvalue weighted by molar-refractivity contribution is 5.76. The van der Waals surface area contributed by atoms with E-state index in [0.29, 0.717) is 18.7 Å². The van der Waals surface area contributed by atoms with Gasteiger partial charge in [-0.1, -0.05) is 12.1 Å². The number of fused-ring (bicyclic) bond motifs is 1. The third-order valence-electron chi connectivity index (χ3n) is 5.99. The predicted octanol–water partition coefficient (Wildman–Crippen LogP) is 4.09. The molecular weight excluding hydrogens is 434 g/mol. The summed E-state index contributed by atoms with van der Waals surface area (Å²) in [5.74, 6) is -2.86. The quantitative estimate of drug-likeness (QED) is 0.586. The van der Waals surface area contributed by atoms with Crippen molar-refractivity contribution in [2.45, 2.75) is 71.3 Å². The van der Waals surface area contributed by atoms with Gasteiger partial charge in [0.1, 0.15) is 18.0 Å². The Morgan fingerprint density at radius 3 is 2.33 bits per heavy atom. The van der Waals surface area contributed by atoms with Gasteiger partial charge in [0.05, 0.1) is 31.2 Å². The van der Waals surface area contributed by atoms with E-state index in [-0.39, 0.29) is 13.2 Å². The van der Waals surface area contributed by atoms with Gasteiger partial charge >= 0.3 is 12.1 Å². The van der Waals surface area contributed by atoms with E-state index in [9.17, 15) is 18.4 Å². The number of alkyl halides is 2. The summed E-state index contributed by atoms with van der Waals surface area (Å²) in [6.45, 7) is 8.36. The molecule has 0 saturated carbocycles. The molecule has 0 N–H and O–H groups in total. The number of carbonyl (C=O) groups excluding carboxylic acids is 2. The maximum atomic E-state index is 15.0. The van der Waals surface area contributed by atoms with E-state index in [0.717, 1.165) is 10.5 Å². The fraction of sp³-hybridized carbons (Fsp3) is 0.667. The van der Waals surface area contributed by atoms with E-state index in [1.54, 1.807) is 70.9 Å². The van der Waals surface area contributed by atoms with E-state index in [4.69, 9.17) is 14.2 Å². The second kappa shape index (κ2) is 9.08. The van der Waals surface area contributed by atoms with Crippen LogP contribution < -0.4 is 4.74 Å². The molecule has 2 aliphatic rings. The minimum absolute atomic E-state index is 0.0842. The summed E-state index contributed by atoms with van der Waals surface area (Å²) in [6, 6.07) is 5.34. The summed E-state index contributed by atoms with van der Waals surface area (Å²) in [4.78, 5) is 28.1. The number of methoxy groups -OCH3 is 1. The first-order chi connectivity index (χ1) is 15.2. The first-order valence-corrected chi connectivity index (χ1v) is 11.2. The van der Waals surface area contributed by atoms with Crippen molar-refractivity contribution in [3.8, 4) is 5.75 Å². The maximum absolute atomic E-state index is 15.0. The zero-order chi connectivity index (χ0) is 24.6. The molecule has 2 aliphatic heterocycles. The van der Waals surface area contributed by atoms with Crippen LogP contribution in [0.2, 0.25) is 0 Å². The molecule has 3 rings (SSSR count). The summed E-state index contributed by atoms with van der Waals surface area (Å²) in [5.41, 5.74) is -0.966. The fourth-order valence-corrected chi connectivity index (χ4v) is 4.49. The lowest BCUT2D eigenvalue weighted by Crippen LogP contribution is -2.50. The molecule has 0 radical (unpaired) electrons. The molecule has 33 heavy (non-hydrogen) atoms. The molecule has 1 aromatic rings. The van der Waals surface area contributed by atoms with E-state index < -0.39 is 47.6 Å². The summed E-state index contributed by atoms with van der Waals surface area (Å²) >= 11 is 0. The zero-order valence-corrected chi connectivity index (χ0v) is 20.2. The first-order valence-electron chi connectivity index (χ1n) is 11.2. The smallest absolute Gasteiger partial charge is 0.410 e. The zero-order valence-electron chi connectivity index (χ0n) is 20.2. The molecular formula is C24H34F2N2O5. The van der Waals surface area contributed by atoms with Crippen molar-refractivity contribution in [2.24, 2.45) is 5.41 Å². The van der Waals surface area contributed by atoms with E-state index >= 15 is 0 Å². The second-order valence-electron chi connectivity index (χ2n) is 10.4. The van der Waals surface area contributed by atoms with Crippen LogP contribution in [-0.2, 0) is 20.9 Å². The molecule has 2 saturated heterocycles. The minimum atomic E-state index is -3.10. The second-order valence-corrected chi connectivity index (χ2v) is 10.4. The number of likely N-dealkylation sites (tertiary alicyclic amines) is 2. The van der Waals surface area contributed by atoms with Crippen molar-refractivity contribution in [3.05, 3.63) is 29.8 Å². The van der Waals surface area contributed by atoms with Crippen LogP contribution in [-0.4, -0.2) is 72.2 Å². The number of benzene rings is 1. The van der Waals surface area contributed by atoms with Crippen LogP contribution in [0.15, 0.2) is 24.3 Å². The molecule has 2 atom stereocenters. The van der Waals surface area contributed by atoms with Crippen LogP contribution in [0.25, 0.3) is 0 Å². The molecule has 2 unspecified atom stereocenters. The van der Waals surface area contributed by atoms with Crippen LogP contribution in [0.3, 0.4) is 0 Å². The predicted molar refractivity (Wildman–Crippen MR) is 118 cm³/mol. The third kappa shape index (κ3) is 5.75. The molecule has 184 valence electrons. The largest absolute Gasteiger partial charge is 0.497 e. The molecule has 2 heterocycles. The molecule has 2 fully saturated rings. The van der Waals surface area contributed by atoms with Crippen molar-refractivity contribution in [3.63, 3.8) is 0 Å². The van der Waals surface area contributed by atoms with Crippen molar-refractivity contribution >= 4 is 12.1 Å². The number of hydrogen-bond donors (Lipinski definition) is 0. The highest BCUT2D eigenvalue weighted by atomic mass is 19.3. The number of amides is 1. The summed E-state index contributed by atoms with van der Waals surface area (Å²) < 4.78 is 45.9. The number of ether oxygens (including phenoxy) is 3. The van der Waals surface area contributed by atoms with Gasteiger partial charge in [0, 0.05) is 13.1 Å². The highest BCUT2D eigenvalue weighted by Gasteiger charge is 2.61. The van der Waals surface area contributed by atoms with Crippen molar-refractivity contribution in [1.29, 1.82) is 0 Å². The number of nitrogens with zero attached hydrogens (tertiary/aromatic N) is 2. The van der Waals surface area contributed by atoms with Crippen LogP contribution >= 0.6 is 0 Å². The van der Waals surface area contributed by atoms with E-state index in [1.807, 2.05) is 0 Å². The standard InChI is InChI=1S/C24H34F2N2O5/c1-22(2,3)33-21(30)28-15-24(25,26)19-18(28)11-12-27(19)14-23(4,5)20(29)32-13-16-7-9-17(31-6)10-8-16/h7-10,18-19H,11-15H2,1-6H3. The van der Waals surface area contributed by atoms with Crippen molar-refractivity contribution in [1.82, 2.24) is 9.80 Å². The van der Waals surface area contributed by atoms with Gasteiger partial charge in [0.25, 0.3) is 5.92 Å². The Hall–Kier alpha value is -2.42. The Labute approximate surface area is 194 Å². The topological polar surface area (TPSA) is 68.3 Å². The van der Waals surface area contributed by atoms with Gasteiger partial charge in [-0.25, -0.2) is 13.6 Å². The molecule has 0 aliphatic carbocycles. The Morgan fingerprint density at radius 1 is 1.12 bits per heavy atom. The highest BCUT2D eigenvalue weighted by Crippen LogP contribution is 2.43. The van der Waals surface area contributed by atoms with Gasteiger partial charge in [0.2, 0.25) is 0 Å². The normalized spacial score (nSPS) is 22.7. The summed E-state index contributed by atoms with van der Waals surface area (Å²) in [7, 11) is 1.57. The van der Waals surface area contributed by atoms with Gasteiger partial charge in [-0.05, 0) is 58.7 Å². The molecule has 0 spiro atoms. The minimum Gasteiger partial charge on any atom is -0.497 e. The van der Waals surface area contributed by atoms with Crippen molar-refractivity contribution in [2.75, 3.05) is 26.7 Å². The van der Waals surface area contributed by atoms with Crippen LogP contribution in [0, 0.1) is 5.41 Å². The molecule has 0 aromatic heterocycles. The molecule has 0 bridgehead atoms. The summed E-state index contributed by atoms with van der Waals surface area (Å²) in [5, 5.41) is 0. The average Bonchev–Trinajstić information content (AvgIpc) is 3.24. The van der Waals surface area contributed by atoms with Gasteiger partial charge < -0.3 is 14.2 Å². The number of halogens is 2. The number of esters is 1. The van der Waals surface area contributed by atoms with E-state index in [1.165, 1.54) is 0 Å². The summed E-state index contributed by atoms with van der Waals surface area (Å²) in [6.07, 6.45) is -0.328. The molecule has 1 aromatic carbocycles. The third-order valence-corrected chi connectivity index (χ3v) is 5.99. The van der Waals surface area contributed by atoms with Gasteiger partial charge in [0.15, 0.2) is 0 Å². The lowest BCUT2D eigenvalue weighted by Gasteiger charge is -2.33. The van der Waals surface area contributed by atoms with Crippen LogP contribution in [0.5, 0.6) is 5.75 Å². The van der Waals surface area contributed by atoms with E-state index in [2.05, 4.69) is 0 Å². The monoisotopic (exact) mass is 468 g/mol. The Balaban J connectivity index is 1.63. The SMILES string of the molecule is COc1ccc(COC(=O)C(C)(C)CN2CCC3C2C(F)(F)CN3C(=O)OC(C)(C)C)cc1. The maximum Gasteiger partial charge on any atom is 0.410 e.